The van der Waals surface area contributed by atoms with Gasteiger partial charge in [0, 0.05) is 18.8 Å². The number of nitrogens with zero attached hydrogens (tertiary/aromatic N) is 1. The van der Waals surface area contributed by atoms with Crippen molar-refractivity contribution in [3.63, 3.8) is 0 Å². The van der Waals surface area contributed by atoms with Crippen LogP contribution in [0.15, 0.2) is 6.20 Å². The SMILES string of the molecule is Cc1[nH]ncc1C(=O)NC1CNC1. The first-order chi connectivity index (χ1) is 6.27. The lowest BCUT2D eigenvalue weighted by Gasteiger charge is -2.27. The summed E-state index contributed by atoms with van der Waals surface area (Å²) in [6.07, 6.45) is 1.55. The normalized spacial score (nSPS) is 16.7. The molecule has 1 fully saturated rings. The Hall–Kier alpha value is -1.36. The highest BCUT2D eigenvalue weighted by molar-refractivity contribution is 5.95. The maximum atomic E-state index is 11.5. The summed E-state index contributed by atoms with van der Waals surface area (Å²) in [5, 5.41) is 12.5. The van der Waals surface area contributed by atoms with E-state index in [1.54, 1.807) is 6.20 Å². The number of nitrogens with one attached hydrogen (secondary N) is 3. The number of carbonyl (C=O) groups is 1. The Bertz CT molecular complexity index is 316. The summed E-state index contributed by atoms with van der Waals surface area (Å²) in [6, 6.07) is 0.279. The van der Waals surface area contributed by atoms with Crippen molar-refractivity contribution in [1.82, 2.24) is 20.8 Å². The highest BCUT2D eigenvalue weighted by atomic mass is 16.1. The van der Waals surface area contributed by atoms with Crippen molar-refractivity contribution in [1.29, 1.82) is 0 Å². The lowest BCUT2D eigenvalue weighted by atomic mass is 10.1. The van der Waals surface area contributed by atoms with E-state index in [-0.39, 0.29) is 11.9 Å². The molecule has 1 aromatic rings. The highest BCUT2D eigenvalue weighted by Crippen LogP contribution is 2.03. The van der Waals surface area contributed by atoms with E-state index in [9.17, 15) is 4.79 Å². The lowest BCUT2D eigenvalue weighted by molar-refractivity contribution is 0.0923. The molecule has 1 aliphatic heterocycles. The molecule has 1 aromatic heterocycles. The predicted molar refractivity (Wildman–Crippen MR) is 47.4 cm³/mol. The van der Waals surface area contributed by atoms with Crippen molar-refractivity contribution in [3.05, 3.63) is 17.5 Å². The fourth-order valence-corrected chi connectivity index (χ4v) is 1.23. The van der Waals surface area contributed by atoms with Gasteiger partial charge in [-0.1, -0.05) is 0 Å². The molecule has 0 spiro atoms. The molecule has 0 atom stereocenters. The fraction of sp³-hybridized carbons (Fsp3) is 0.500. The third kappa shape index (κ3) is 1.55. The van der Waals surface area contributed by atoms with Crippen LogP contribution >= 0.6 is 0 Å². The van der Waals surface area contributed by atoms with E-state index in [0.29, 0.717) is 5.56 Å². The van der Waals surface area contributed by atoms with Crippen LogP contribution in [0.5, 0.6) is 0 Å². The van der Waals surface area contributed by atoms with Gasteiger partial charge in [0.05, 0.1) is 17.8 Å². The van der Waals surface area contributed by atoms with Gasteiger partial charge in [-0.25, -0.2) is 0 Å². The molecular weight excluding hydrogens is 168 g/mol. The van der Waals surface area contributed by atoms with Gasteiger partial charge in [0.25, 0.3) is 5.91 Å². The zero-order valence-corrected chi connectivity index (χ0v) is 7.42. The van der Waals surface area contributed by atoms with E-state index in [1.165, 1.54) is 0 Å². The molecule has 0 unspecified atom stereocenters. The summed E-state index contributed by atoms with van der Waals surface area (Å²) < 4.78 is 0. The topological polar surface area (TPSA) is 69.8 Å². The van der Waals surface area contributed by atoms with Crippen LogP contribution < -0.4 is 10.6 Å². The van der Waals surface area contributed by atoms with Gasteiger partial charge in [-0.3, -0.25) is 9.89 Å². The largest absolute Gasteiger partial charge is 0.347 e. The molecule has 70 valence electrons. The Morgan fingerprint density at radius 1 is 1.69 bits per heavy atom. The van der Waals surface area contributed by atoms with Gasteiger partial charge in [-0.05, 0) is 6.92 Å². The smallest absolute Gasteiger partial charge is 0.255 e. The average Bonchev–Trinajstić information content (AvgIpc) is 2.43. The van der Waals surface area contributed by atoms with E-state index in [2.05, 4.69) is 20.8 Å². The Kier molecular flexibility index (Phi) is 2.02. The van der Waals surface area contributed by atoms with Crippen LogP contribution in [0.3, 0.4) is 0 Å². The van der Waals surface area contributed by atoms with Crippen LogP contribution in [0.2, 0.25) is 0 Å². The highest BCUT2D eigenvalue weighted by Gasteiger charge is 2.20. The predicted octanol–water partition coefficient (Wildman–Crippen LogP) is -0.580. The minimum absolute atomic E-state index is 0.0437. The summed E-state index contributed by atoms with van der Waals surface area (Å²) in [7, 11) is 0. The van der Waals surface area contributed by atoms with E-state index in [0.717, 1.165) is 18.8 Å². The van der Waals surface area contributed by atoms with E-state index in [4.69, 9.17) is 0 Å². The molecule has 0 aromatic carbocycles. The monoisotopic (exact) mass is 180 g/mol. The Morgan fingerprint density at radius 3 is 2.92 bits per heavy atom. The first-order valence-electron chi connectivity index (χ1n) is 4.29. The summed E-state index contributed by atoms with van der Waals surface area (Å²) in [6.45, 7) is 3.56. The van der Waals surface area contributed by atoms with Crippen molar-refractivity contribution in [2.45, 2.75) is 13.0 Å². The summed E-state index contributed by atoms with van der Waals surface area (Å²) in [5.74, 6) is -0.0437. The van der Waals surface area contributed by atoms with Crippen molar-refractivity contribution in [2.24, 2.45) is 0 Å². The van der Waals surface area contributed by atoms with Crippen LogP contribution in [0.1, 0.15) is 16.1 Å². The zero-order chi connectivity index (χ0) is 9.26. The summed E-state index contributed by atoms with van der Waals surface area (Å²) >= 11 is 0. The fourth-order valence-electron chi connectivity index (χ4n) is 1.23. The molecule has 0 aliphatic carbocycles. The van der Waals surface area contributed by atoms with Crippen LogP contribution in [0.25, 0.3) is 0 Å². The molecule has 0 saturated carbocycles. The molecule has 1 aliphatic rings. The number of rotatable bonds is 2. The molecule has 13 heavy (non-hydrogen) atoms. The second kappa shape index (κ2) is 3.18. The quantitative estimate of drug-likeness (QED) is 0.570. The van der Waals surface area contributed by atoms with Crippen molar-refractivity contribution in [2.75, 3.05) is 13.1 Å². The summed E-state index contributed by atoms with van der Waals surface area (Å²) in [5.41, 5.74) is 1.44. The van der Waals surface area contributed by atoms with E-state index < -0.39 is 0 Å². The third-order valence-electron chi connectivity index (χ3n) is 2.19. The van der Waals surface area contributed by atoms with Crippen molar-refractivity contribution in [3.8, 4) is 0 Å². The minimum atomic E-state index is -0.0437. The molecular formula is C8H12N4O. The number of H-pyrrole nitrogens is 1. The van der Waals surface area contributed by atoms with E-state index >= 15 is 0 Å². The van der Waals surface area contributed by atoms with Gasteiger partial charge in [0.2, 0.25) is 0 Å². The average molecular weight is 180 g/mol. The minimum Gasteiger partial charge on any atom is -0.347 e. The molecule has 2 heterocycles. The van der Waals surface area contributed by atoms with Crippen molar-refractivity contribution >= 4 is 5.91 Å². The third-order valence-corrected chi connectivity index (χ3v) is 2.19. The van der Waals surface area contributed by atoms with Gasteiger partial charge in [-0.2, -0.15) is 5.10 Å². The Morgan fingerprint density at radius 2 is 2.46 bits per heavy atom. The second-order valence-corrected chi connectivity index (χ2v) is 3.24. The lowest BCUT2D eigenvalue weighted by Crippen LogP contribution is -2.56. The van der Waals surface area contributed by atoms with Gasteiger partial charge < -0.3 is 10.6 Å². The Labute approximate surface area is 75.9 Å². The molecule has 1 amide bonds. The molecule has 5 heteroatoms. The number of aryl methyl sites for hydroxylation is 1. The van der Waals surface area contributed by atoms with Crippen LogP contribution in [0.4, 0.5) is 0 Å². The van der Waals surface area contributed by atoms with Gasteiger partial charge in [-0.15, -0.1) is 0 Å². The number of aromatic nitrogens is 2. The molecule has 2 rings (SSSR count). The van der Waals surface area contributed by atoms with Gasteiger partial charge in [0.1, 0.15) is 0 Å². The number of hydrogen-bond acceptors (Lipinski definition) is 3. The van der Waals surface area contributed by atoms with Crippen LogP contribution in [-0.2, 0) is 0 Å². The second-order valence-electron chi connectivity index (χ2n) is 3.24. The van der Waals surface area contributed by atoms with E-state index in [1.807, 2.05) is 6.92 Å². The first kappa shape index (κ1) is 8.25. The number of hydrogen-bond donors (Lipinski definition) is 3. The van der Waals surface area contributed by atoms with Crippen molar-refractivity contribution < 1.29 is 4.79 Å². The number of carbonyl (C=O) groups excluding carboxylic acids is 1. The van der Waals surface area contributed by atoms with Crippen LogP contribution in [-0.4, -0.2) is 35.2 Å². The molecule has 5 nitrogen and oxygen atoms in total. The summed E-state index contributed by atoms with van der Waals surface area (Å²) in [4.78, 5) is 11.5. The maximum Gasteiger partial charge on any atom is 0.255 e. The van der Waals surface area contributed by atoms with Gasteiger partial charge >= 0.3 is 0 Å². The first-order valence-corrected chi connectivity index (χ1v) is 4.29. The molecule has 0 bridgehead atoms. The van der Waals surface area contributed by atoms with Gasteiger partial charge in [0.15, 0.2) is 0 Å². The Balaban J connectivity index is 2.00. The number of aromatic amines is 1. The molecule has 1 saturated heterocycles. The van der Waals surface area contributed by atoms with Crippen LogP contribution in [0, 0.1) is 6.92 Å². The molecule has 0 radical (unpaired) electrons. The maximum absolute atomic E-state index is 11.5. The molecule has 3 N–H and O–H groups in total. The standard InChI is InChI=1S/C8H12N4O/c1-5-7(4-10-12-5)8(13)11-6-2-9-3-6/h4,6,9H,2-3H2,1H3,(H,10,12)(H,11,13). The number of amides is 1. The zero-order valence-electron chi connectivity index (χ0n) is 7.42.